The highest BCUT2D eigenvalue weighted by Gasteiger charge is 2.21. The van der Waals surface area contributed by atoms with E-state index in [1.165, 1.54) is 18.4 Å². The van der Waals surface area contributed by atoms with E-state index in [1.807, 2.05) is 6.20 Å². The van der Waals surface area contributed by atoms with Gasteiger partial charge in [-0.3, -0.25) is 0 Å². The third-order valence-corrected chi connectivity index (χ3v) is 4.40. The predicted octanol–water partition coefficient (Wildman–Crippen LogP) is 2.45. The van der Waals surface area contributed by atoms with Crippen LogP contribution in [0.4, 0.5) is 5.69 Å². The van der Waals surface area contributed by atoms with Gasteiger partial charge < -0.3 is 19.4 Å². The molecule has 0 amide bonds. The Morgan fingerprint density at radius 3 is 2.88 bits per heavy atom. The highest BCUT2D eigenvalue weighted by molar-refractivity contribution is 5.74. The first-order valence-electron chi connectivity index (χ1n) is 8.09. The molecule has 1 aromatic carbocycles. The number of aromatic amines is 1. The molecule has 7 nitrogen and oxygen atoms in total. The van der Waals surface area contributed by atoms with Crippen molar-refractivity contribution in [3.63, 3.8) is 0 Å². The average Bonchev–Trinajstić information content (AvgIpc) is 3.31. The number of benzene rings is 1. The minimum Gasteiger partial charge on any atom is -0.480 e. The van der Waals surface area contributed by atoms with E-state index in [0.29, 0.717) is 11.9 Å². The van der Waals surface area contributed by atoms with Gasteiger partial charge in [0.2, 0.25) is 5.88 Å². The van der Waals surface area contributed by atoms with Crippen molar-refractivity contribution in [3.05, 3.63) is 48.2 Å². The molecule has 3 heterocycles. The molecule has 0 bridgehead atoms. The van der Waals surface area contributed by atoms with Crippen LogP contribution in [0.15, 0.2) is 36.9 Å². The van der Waals surface area contributed by atoms with Crippen molar-refractivity contribution < 1.29 is 9.47 Å². The van der Waals surface area contributed by atoms with Gasteiger partial charge >= 0.3 is 6.01 Å². The van der Waals surface area contributed by atoms with Crippen LogP contribution in [0, 0.1) is 0 Å². The molecule has 0 fully saturated rings. The van der Waals surface area contributed by atoms with Gasteiger partial charge in [-0.15, -0.1) is 0 Å². The smallest absolute Gasteiger partial charge is 0.319 e. The predicted molar refractivity (Wildman–Crippen MR) is 93.9 cm³/mol. The lowest BCUT2D eigenvalue weighted by atomic mass is 10.0. The number of nitrogens with one attached hydrogen (secondary N) is 1. The van der Waals surface area contributed by atoms with Crippen molar-refractivity contribution in [2.75, 3.05) is 25.7 Å². The number of anilines is 1. The number of ether oxygens (including phenoxy) is 2. The summed E-state index contributed by atoms with van der Waals surface area (Å²) in [6.45, 7) is 1.78. The Bertz CT molecular complexity index is 879. The number of hydrogen-bond acceptors (Lipinski definition) is 6. The van der Waals surface area contributed by atoms with Crippen LogP contribution in [0.5, 0.6) is 11.9 Å². The van der Waals surface area contributed by atoms with E-state index < -0.39 is 0 Å². The number of aromatic nitrogens is 4. The molecule has 0 saturated carbocycles. The van der Waals surface area contributed by atoms with E-state index in [2.05, 4.69) is 43.0 Å². The van der Waals surface area contributed by atoms with E-state index >= 15 is 0 Å². The molecule has 7 heteroatoms. The highest BCUT2D eigenvalue weighted by Crippen LogP contribution is 2.36. The summed E-state index contributed by atoms with van der Waals surface area (Å²) in [5.41, 5.74) is 5.46. The fraction of sp³-hybridized carbons (Fsp3) is 0.278. The summed E-state index contributed by atoms with van der Waals surface area (Å²) in [6, 6.07) is 6.72. The molecule has 128 valence electrons. The monoisotopic (exact) mass is 337 g/mol. The minimum atomic E-state index is 0.293. The Morgan fingerprint density at radius 1 is 1.20 bits per heavy atom. The van der Waals surface area contributed by atoms with Gasteiger partial charge in [-0.25, -0.2) is 9.97 Å². The Hall–Kier alpha value is -3.09. The summed E-state index contributed by atoms with van der Waals surface area (Å²) in [5, 5.41) is 0. The maximum Gasteiger partial charge on any atom is 0.319 e. The normalized spacial score (nSPS) is 13.0. The largest absolute Gasteiger partial charge is 0.480 e. The van der Waals surface area contributed by atoms with Crippen molar-refractivity contribution >= 4 is 5.69 Å². The average molecular weight is 337 g/mol. The molecule has 0 atom stereocenters. The molecule has 0 unspecified atom stereocenters. The molecular formula is C18H19N5O2. The third kappa shape index (κ3) is 2.88. The number of rotatable bonds is 5. The van der Waals surface area contributed by atoms with E-state index in [-0.39, 0.29) is 0 Å². The second-order valence-corrected chi connectivity index (χ2v) is 5.86. The maximum absolute atomic E-state index is 5.41. The molecule has 1 N–H and O–H groups in total. The first-order valence-corrected chi connectivity index (χ1v) is 8.09. The van der Waals surface area contributed by atoms with Crippen molar-refractivity contribution in [2.45, 2.75) is 13.0 Å². The van der Waals surface area contributed by atoms with Crippen LogP contribution < -0.4 is 14.4 Å². The summed E-state index contributed by atoms with van der Waals surface area (Å²) < 4.78 is 10.5. The first kappa shape index (κ1) is 15.4. The van der Waals surface area contributed by atoms with Crippen LogP contribution in [-0.2, 0) is 13.0 Å². The Labute approximate surface area is 145 Å². The second kappa shape index (κ2) is 6.43. The molecule has 25 heavy (non-hydrogen) atoms. The molecule has 1 aliphatic rings. The van der Waals surface area contributed by atoms with Crippen molar-refractivity contribution in [2.24, 2.45) is 0 Å². The summed E-state index contributed by atoms with van der Waals surface area (Å²) >= 11 is 0. The van der Waals surface area contributed by atoms with Crippen LogP contribution in [0.2, 0.25) is 0 Å². The van der Waals surface area contributed by atoms with Crippen LogP contribution in [0.3, 0.4) is 0 Å². The molecule has 4 rings (SSSR count). The van der Waals surface area contributed by atoms with Gasteiger partial charge in [0.05, 0.1) is 38.3 Å². The van der Waals surface area contributed by atoms with Crippen molar-refractivity contribution in [1.29, 1.82) is 0 Å². The number of fused-ring (bicyclic) bond motifs is 1. The minimum absolute atomic E-state index is 0.293. The SMILES string of the molecule is COc1ncc(-c2ccc3c(c2)N(Cc2c[nH]cn2)CC3)c(OC)n1. The zero-order valence-corrected chi connectivity index (χ0v) is 14.2. The summed E-state index contributed by atoms with van der Waals surface area (Å²) in [6.07, 6.45) is 6.42. The molecule has 0 spiro atoms. The van der Waals surface area contributed by atoms with Crippen LogP contribution in [0.25, 0.3) is 11.1 Å². The highest BCUT2D eigenvalue weighted by atomic mass is 16.5. The van der Waals surface area contributed by atoms with E-state index in [1.54, 1.807) is 19.6 Å². The summed E-state index contributed by atoms with van der Waals surface area (Å²) in [7, 11) is 3.14. The number of hydrogen-bond donors (Lipinski definition) is 1. The first-order chi connectivity index (χ1) is 12.3. The van der Waals surface area contributed by atoms with Gasteiger partial charge in [-0.05, 0) is 23.6 Å². The lowest BCUT2D eigenvalue weighted by Crippen LogP contribution is -2.19. The van der Waals surface area contributed by atoms with Gasteiger partial charge in [0, 0.05) is 24.6 Å². The van der Waals surface area contributed by atoms with Gasteiger partial charge in [0.1, 0.15) is 0 Å². The number of methoxy groups -OCH3 is 2. The summed E-state index contributed by atoms with van der Waals surface area (Å²) in [5.74, 6) is 0.503. The Morgan fingerprint density at radius 2 is 2.12 bits per heavy atom. The number of nitrogens with zero attached hydrogens (tertiary/aromatic N) is 4. The maximum atomic E-state index is 5.41. The van der Waals surface area contributed by atoms with Gasteiger partial charge in [-0.2, -0.15) is 4.98 Å². The van der Waals surface area contributed by atoms with E-state index in [9.17, 15) is 0 Å². The topological polar surface area (TPSA) is 76.2 Å². The standard InChI is InChI=1S/C18H19N5O2/c1-24-17-15(9-20-18(22-17)25-2)13-4-3-12-5-6-23(16(12)7-13)10-14-8-19-11-21-14/h3-4,7-9,11H,5-6,10H2,1-2H3,(H,19,21). The number of H-pyrrole nitrogens is 1. The van der Waals surface area contributed by atoms with E-state index in [4.69, 9.17) is 9.47 Å². The van der Waals surface area contributed by atoms with Gasteiger partial charge in [-0.1, -0.05) is 12.1 Å². The second-order valence-electron chi connectivity index (χ2n) is 5.86. The van der Waals surface area contributed by atoms with Crippen LogP contribution in [0.1, 0.15) is 11.3 Å². The van der Waals surface area contributed by atoms with Gasteiger partial charge in [0.25, 0.3) is 0 Å². The molecule has 0 radical (unpaired) electrons. The molecular weight excluding hydrogens is 318 g/mol. The molecule has 3 aromatic rings. The van der Waals surface area contributed by atoms with Crippen LogP contribution in [-0.4, -0.2) is 40.7 Å². The molecule has 2 aromatic heterocycles. The summed E-state index contributed by atoms with van der Waals surface area (Å²) in [4.78, 5) is 18.2. The lowest BCUT2D eigenvalue weighted by molar-refractivity contribution is 0.353. The molecule has 0 aliphatic carbocycles. The zero-order valence-electron chi connectivity index (χ0n) is 14.2. The van der Waals surface area contributed by atoms with Gasteiger partial charge in [0.15, 0.2) is 0 Å². The quantitative estimate of drug-likeness (QED) is 0.771. The van der Waals surface area contributed by atoms with E-state index in [0.717, 1.165) is 36.3 Å². The third-order valence-electron chi connectivity index (χ3n) is 4.40. The van der Waals surface area contributed by atoms with Crippen molar-refractivity contribution in [1.82, 2.24) is 19.9 Å². The fourth-order valence-corrected chi connectivity index (χ4v) is 3.15. The van der Waals surface area contributed by atoms with Crippen LogP contribution >= 0.6 is 0 Å². The van der Waals surface area contributed by atoms with Crippen molar-refractivity contribution in [3.8, 4) is 23.0 Å². The fourth-order valence-electron chi connectivity index (χ4n) is 3.15. The molecule has 1 aliphatic heterocycles. The number of imidazole rings is 1. The lowest BCUT2D eigenvalue weighted by Gasteiger charge is -2.19. The molecule has 0 saturated heterocycles. The zero-order chi connectivity index (χ0) is 17.2. The Balaban J connectivity index is 1.69. The Kier molecular flexibility index (Phi) is 3.97.